The van der Waals surface area contributed by atoms with Gasteiger partial charge >= 0.3 is 0 Å². The first kappa shape index (κ1) is 17.9. The van der Waals surface area contributed by atoms with E-state index in [-0.39, 0.29) is 17.4 Å². The van der Waals surface area contributed by atoms with Crippen molar-refractivity contribution in [2.75, 3.05) is 25.1 Å². The normalized spacial score (nSPS) is 16.5. The minimum atomic E-state index is -0.380. The van der Waals surface area contributed by atoms with Crippen molar-refractivity contribution in [3.8, 4) is 0 Å². The van der Waals surface area contributed by atoms with Gasteiger partial charge in [-0.1, -0.05) is 17.7 Å². The van der Waals surface area contributed by atoms with E-state index in [1.54, 1.807) is 29.2 Å². The van der Waals surface area contributed by atoms with Gasteiger partial charge in [0, 0.05) is 12.1 Å². The lowest BCUT2D eigenvalue weighted by atomic mass is 10.0. The van der Waals surface area contributed by atoms with E-state index in [9.17, 15) is 9.59 Å². The van der Waals surface area contributed by atoms with Crippen molar-refractivity contribution in [3.63, 3.8) is 0 Å². The molecule has 1 aromatic carbocycles. The molecule has 132 valence electrons. The van der Waals surface area contributed by atoms with Gasteiger partial charge in [0.05, 0.1) is 34.3 Å². The number of thiophene rings is 1. The molecule has 1 fully saturated rings. The summed E-state index contributed by atoms with van der Waals surface area (Å²) in [6.45, 7) is 5.49. The number of nitrogens with zero attached hydrogens (tertiary/aromatic N) is 1. The van der Waals surface area contributed by atoms with Crippen molar-refractivity contribution in [2.24, 2.45) is 0 Å². The van der Waals surface area contributed by atoms with E-state index in [4.69, 9.17) is 16.3 Å². The van der Waals surface area contributed by atoms with Crippen LogP contribution in [-0.2, 0) is 4.74 Å². The fourth-order valence-electron chi connectivity index (χ4n) is 2.74. The molecule has 2 aromatic rings. The molecule has 7 heteroatoms. The average molecular weight is 379 g/mol. The van der Waals surface area contributed by atoms with Crippen LogP contribution in [0.1, 0.15) is 33.9 Å². The fraction of sp³-hybridized carbons (Fsp3) is 0.333. The molecule has 1 N–H and O–H groups in total. The van der Waals surface area contributed by atoms with Crippen molar-refractivity contribution in [1.82, 2.24) is 4.90 Å². The molecule has 0 unspecified atom stereocenters. The highest BCUT2D eigenvalue weighted by Gasteiger charge is 2.34. The van der Waals surface area contributed by atoms with Crippen molar-refractivity contribution in [1.29, 1.82) is 0 Å². The molecule has 5 nitrogen and oxygen atoms in total. The van der Waals surface area contributed by atoms with Crippen molar-refractivity contribution in [2.45, 2.75) is 19.4 Å². The van der Waals surface area contributed by atoms with Crippen LogP contribution in [0.2, 0.25) is 5.02 Å². The number of carbonyl (C=O) groups excluding carboxylic acids is 2. The zero-order valence-electron chi connectivity index (χ0n) is 14.0. The van der Waals surface area contributed by atoms with Crippen molar-refractivity contribution >= 4 is 40.4 Å². The molecule has 0 radical (unpaired) electrons. The van der Waals surface area contributed by atoms with Crippen molar-refractivity contribution < 1.29 is 14.3 Å². The standard InChI is InChI=1S/C18H19ClN2O3S/c1-18(2)11-24-8-7-21(18)17(23)12-5-6-13(19)14(10-12)20-16(22)15-4-3-9-25-15/h3-6,9-10H,7-8,11H2,1-2H3,(H,20,22). The molecule has 3 rings (SSSR count). The highest BCUT2D eigenvalue weighted by atomic mass is 35.5. The minimum absolute atomic E-state index is 0.100. The minimum Gasteiger partial charge on any atom is -0.377 e. The zero-order chi connectivity index (χ0) is 18.0. The molecule has 1 saturated heterocycles. The largest absolute Gasteiger partial charge is 0.377 e. The molecule has 0 aliphatic carbocycles. The molecule has 0 spiro atoms. The number of anilines is 1. The predicted octanol–water partition coefficient (Wildman–Crippen LogP) is 3.90. The summed E-state index contributed by atoms with van der Waals surface area (Å²) in [7, 11) is 0. The topological polar surface area (TPSA) is 58.6 Å². The second kappa shape index (κ2) is 7.15. The molecule has 0 bridgehead atoms. The van der Waals surface area contributed by atoms with Crippen LogP contribution in [-0.4, -0.2) is 42.0 Å². The lowest BCUT2D eigenvalue weighted by Gasteiger charge is -2.42. The number of carbonyl (C=O) groups is 2. The van der Waals surface area contributed by atoms with E-state index in [1.165, 1.54) is 11.3 Å². The second-order valence-corrected chi connectivity index (χ2v) is 7.80. The van der Waals surface area contributed by atoms with E-state index < -0.39 is 0 Å². The highest BCUT2D eigenvalue weighted by Crippen LogP contribution is 2.27. The van der Waals surface area contributed by atoms with Gasteiger partial charge in [-0.2, -0.15) is 0 Å². The quantitative estimate of drug-likeness (QED) is 0.881. The number of halogens is 1. The molecule has 2 amide bonds. The molecule has 1 aliphatic heterocycles. The van der Waals surface area contributed by atoms with E-state index in [2.05, 4.69) is 5.32 Å². The first-order chi connectivity index (χ1) is 11.9. The van der Waals surface area contributed by atoms with Crippen LogP contribution in [0.25, 0.3) is 0 Å². The Balaban J connectivity index is 1.83. The van der Waals surface area contributed by atoms with Gasteiger partial charge < -0.3 is 15.0 Å². The molecular formula is C18H19ClN2O3S. The Hall–Kier alpha value is -1.89. The summed E-state index contributed by atoms with van der Waals surface area (Å²) < 4.78 is 5.47. The Morgan fingerprint density at radius 2 is 2.12 bits per heavy atom. The van der Waals surface area contributed by atoms with Gasteiger partial charge in [-0.3, -0.25) is 9.59 Å². The average Bonchev–Trinajstić information content (AvgIpc) is 3.10. The number of hydrogen-bond acceptors (Lipinski definition) is 4. The third-order valence-electron chi connectivity index (χ3n) is 4.10. The number of ether oxygens (including phenoxy) is 1. The fourth-order valence-corrected chi connectivity index (χ4v) is 3.52. The van der Waals surface area contributed by atoms with Crippen LogP contribution in [0, 0.1) is 0 Å². The van der Waals surface area contributed by atoms with Gasteiger partial charge in [-0.05, 0) is 43.5 Å². The summed E-state index contributed by atoms with van der Waals surface area (Å²) in [4.78, 5) is 27.5. The summed E-state index contributed by atoms with van der Waals surface area (Å²) in [5, 5.41) is 5.00. The van der Waals surface area contributed by atoms with Gasteiger partial charge in [0.2, 0.25) is 0 Å². The van der Waals surface area contributed by atoms with Gasteiger partial charge in [0.15, 0.2) is 0 Å². The summed E-state index contributed by atoms with van der Waals surface area (Å²) in [5.41, 5.74) is 0.535. The van der Waals surface area contributed by atoms with Gasteiger partial charge in [-0.25, -0.2) is 0 Å². The Kier molecular flexibility index (Phi) is 5.13. The highest BCUT2D eigenvalue weighted by molar-refractivity contribution is 7.12. The summed E-state index contributed by atoms with van der Waals surface area (Å²) >= 11 is 7.54. The van der Waals surface area contributed by atoms with Crippen LogP contribution in [0.3, 0.4) is 0 Å². The number of nitrogens with one attached hydrogen (secondary N) is 1. The predicted molar refractivity (Wildman–Crippen MR) is 99.7 cm³/mol. The molecule has 1 aromatic heterocycles. The van der Waals surface area contributed by atoms with Crippen LogP contribution in [0.15, 0.2) is 35.7 Å². The lowest BCUT2D eigenvalue weighted by molar-refractivity contribution is -0.0370. The Bertz CT molecular complexity index is 790. The molecule has 2 heterocycles. The number of benzene rings is 1. The maximum atomic E-state index is 12.9. The van der Waals surface area contributed by atoms with E-state index >= 15 is 0 Å². The van der Waals surface area contributed by atoms with Crippen LogP contribution in [0.5, 0.6) is 0 Å². The molecular weight excluding hydrogens is 360 g/mol. The van der Waals surface area contributed by atoms with Crippen LogP contribution < -0.4 is 5.32 Å². The van der Waals surface area contributed by atoms with Crippen molar-refractivity contribution in [3.05, 3.63) is 51.2 Å². The van der Waals surface area contributed by atoms with Gasteiger partial charge in [-0.15, -0.1) is 11.3 Å². The van der Waals surface area contributed by atoms with Crippen LogP contribution in [0.4, 0.5) is 5.69 Å². The summed E-state index contributed by atoms with van der Waals surface area (Å²) in [6, 6.07) is 8.48. The van der Waals surface area contributed by atoms with E-state index in [1.807, 2.05) is 25.3 Å². The summed E-state index contributed by atoms with van der Waals surface area (Å²) in [5.74, 6) is -0.343. The smallest absolute Gasteiger partial charge is 0.265 e. The van der Waals surface area contributed by atoms with E-state index in [0.29, 0.717) is 40.9 Å². The third-order valence-corrected chi connectivity index (χ3v) is 5.30. The van der Waals surface area contributed by atoms with Gasteiger partial charge in [0.1, 0.15) is 0 Å². The lowest BCUT2D eigenvalue weighted by Crippen LogP contribution is -2.55. The first-order valence-electron chi connectivity index (χ1n) is 7.92. The second-order valence-electron chi connectivity index (χ2n) is 6.45. The first-order valence-corrected chi connectivity index (χ1v) is 9.18. The number of rotatable bonds is 3. The SMILES string of the molecule is CC1(C)COCCN1C(=O)c1ccc(Cl)c(NC(=O)c2cccs2)c1. The van der Waals surface area contributed by atoms with E-state index in [0.717, 1.165) is 0 Å². The Labute approximate surface area is 155 Å². The summed E-state index contributed by atoms with van der Waals surface area (Å²) in [6.07, 6.45) is 0. The zero-order valence-corrected chi connectivity index (χ0v) is 15.6. The maximum absolute atomic E-state index is 12.9. The number of amides is 2. The Morgan fingerprint density at radius 1 is 1.32 bits per heavy atom. The maximum Gasteiger partial charge on any atom is 0.265 e. The monoisotopic (exact) mass is 378 g/mol. The number of morpholine rings is 1. The van der Waals surface area contributed by atoms with Gasteiger partial charge in [0.25, 0.3) is 11.8 Å². The number of hydrogen-bond donors (Lipinski definition) is 1. The third kappa shape index (κ3) is 3.86. The molecule has 0 saturated carbocycles. The molecule has 25 heavy (non-hydrogen) atoms. The van der Waals surface area contributed by atoms with Crippen LogP contribution >= 0.6 is 22.9 Å². The Morgan fingerprint density at radius 3 is 2.80 bits per heavy atom. The molecule has 0 atom stereocenters. The molecule has 1 aliphatic rings.